The van der Waals surface area contributed by atoms with Crippen molar-refractivity contribution in [1.82, 2.24) is 0 Å². The van der Waals surface area contributed by atoms with Crippen molar-refractivity contribution < 1.29 is 9.53 Å². The first-order valence-corrected chi connectivity index (χ1v) is 18.0. The van der Waals surface area contributed by atoms with Crippen LogP contribution in [0.25, 0.3) is 0 Å². The van der Waals surface area contributed by atoms with Gasteiger partial charge in [0.15, 0.2) is 0 Å². The molecule has 0 bridgehead atoms. The molecule has 7 atom stereocenters. The number of ether oxygens (including phenoxy) is 1. The third-order valence-corrected chi connectivity index (χ3v) is 9.73. The van der Waals surface area contributed by atoms with E-state index in [1.165, 1.54) is 77.0 Å². The highest BCUT2D eigenvalue weighted by atomic mass is 16.5. The lowest BCUT2D eigenvalue weighted by Gasteiger charge is -2.61. The van der Waals surface area contributed by atoms with E-state index in [0.29, 0.717) is 16.9 Å². The predicted molar refractivity (Wildman–Crippen MR) is 180 cm³/mol. The summed E-state index contributed by atoms with van der Waals surface area (Å²) in [6.45, 7) is 27.0. The smallest absolute Gasteiger partial charge is 0.129 e. The van der Waals surface area contributed by atoms with Crippen LogP contribution in [0.3, 0.4) is 0 Å². The van der Waals surface area contributed by atoms with Gasteiger partial charge in [-0.2, -0.15) is 0 Å². The molecule has 4 aliphatic rings. The lowest BCUT2D eigenvalue weighted by molar-refractivity contribution is -0.170. The summed E-state index contributed by atoms with van der Waals surface area (Å²) in [5.74, 6) is 4.14. The number of carbonyl (C=O) groups excluding carboxylic acids is 1. The van der Waals surface area contributed by atoms with Crippen LogP contribution in [0, 0.1) is 34.5 Å². The lowest BCUT2D eigenvalue weighted by atomic mass is 9.45. The Hall–Kier alpha value is -0.410. The van der Waals surface area contributed by atoms with Crippen LogP contribution >= 0.6 is 0 Å². The summed E-state index contributed by atoms with van der Waals surface area (Å²) in [6, 6.07) is 0. The summed E-state index contributed by atoms with van der Waals surface area (Å²) in [5, 5.41) is 0. The molecule has 3 nitrogen and oxygen atoms in total. The molecule has 0 aromatic carbocycles. The molecule has 4 fully saturated rings. The van der Waals surface area contributed by atoms with E-state index in [1.807, 2.05) is 34.6 Å². The molecular weight excluding hydrogens is 490 g/mol. The number of ketones is 1. The maximum Gasteiger partial charge on any atom is 0.129 e. The zero-order chi connectivity index (χ0) is 31.2. The standard InChI is InChI=1S/C22H39NO.C5H10O.2C3H8.2C2H6/c1-21-11-4-3-7-16(21)9-10-17-18-8-5-12-22(18,2)20(15-19(17)21)24-14-6-13-23;1-3-4-5(2)6;2*1-3-2;2*1-2/h16-20H,3-15,23H2,1-2H3;3-4H2,1-2H3;2*3H2,1-2H3;2*1-2H3/t16?,17?,18?,19?,20?,21-,22+;;;;;/m0...../s1. The minimum absolute atomic E-state index is 0.289. The van der Waals surface area contributed by atoms with Gasteiger partial charge < -0.3 is 15.3 Å². The quantitative estimate of drug-likeness (QED) is 0.325. The highest BCUT2D eigenvalue weighted by Gasteiger charge is 2.60. The van der Waals surface area contributed by atoms with Gasteiger partial charge in [-0.15, -0.1) is 0 Å². The van der Waals surface area contributed by atoms with Crippen LogP contribution in [-0.2, 0) is 9.53 Å². The maximum absolute atomic E-state index is 10.0. The molecule has 2 N–H and O–H groups in total. The zero-order valence-corrected chi connectivity index (χ0v) is 29.8. The van der Waals surface area contributed by atoms with Crippen LogP contribution in [0.1, 0.15) is 179 Å². The zero-order valence-electron chi connectivity index (χ0n) is 29.8. The first-order chi connectivity index (χ1) is 19.2. The largest absolute Gasteiger partial charge is 0.378 e. The predicted octanol–water partition coefficient (Wildman–Crippen LogP) is 11.4. The molecule has 40 heavy (non-hydrogen) atoms. The van der Waals surface area contributed by atoms with Gasteiger partial charge in [0.1, 0.15) is 5.78 Å². The van der Waals surface area contributed by atoms with Gasteiger partial charge in [-0.1, -0.05) is 108 Å². The molecule has 4 rings (SSSR count). The summed E-state index contributed by atoms with van der Waals surface area (Å²) in [6.07, 6.45) is 20.3. The van der Waals surface area contributed by atoms with Crippen molar-refractivity contribution >= 4 is 5.78 Å². The number of fused-ring (bicyclic) bond motifs is 5. The van der Waals surface area contributed by atoms with E-state index >= 15 is 0 Å². The Morgan fingerprint density at radius 3 is 1.88 bits per heavy atom. The Morgan fingerprint density at radius 1 is 0.800 bits per heavy atom. The monoisotopic (exact) mass is 568 g/mol. The molecular formula is C37H77NO2. The van der Waals surface area contributed by atoms with Gasteiger partial charge in [0, 0.05) is 13.0 Å². The summed E-state index contributed by atoms with van der Waals surface area (Å²) >= 11 is 0. The van der Waals surface area contributed by atoms with E-state index in [4.69, 9.17) is 10.5 Å². The normalized spacial score (nSPS) is 33.0. The van der Waals surface area contributed by atoms with Crippen molar-refractivity contribution in [2.45, 2.75) is 186 Å². The highest BCUT2D eigenvalue weighted by Crippen LogP contribution is 2.66. The Morgan fingerprint density at radius 2 is 1.38 bits per heavy atom. The summed E-state index contributed by atoms with van der Waals surface area (Å²) < 4.78 is 6.53. The molecule has 0 saturated heterocycles. The number of hydrogen-bond donors (Lipinski definition) is 1. The molecule has 0 radical (unpaired) electrons. The van der Waals surface area contributed by atoms with E-state index in [-0.39, 0.29) is 5.78 Å². The van der Waals surface area contributed by atoms with E-state index in [1.54, 1.807) is 6.92 Å². The molecule has 0 aromatic rings. The molecule has 0 amide bonds. The van der Waals surface area contributed by atoms with Gasteiger partial charge in [-0.3, -0.25) is 0 Å². The number of nitrogens with two attached hydrogens (primary N) is 1. The minimum Gasteiger partial charge on any atom is -0.378 e. The number of carbonyl (C=O) groups is 1. The second-order valence-corrected chi connectivity index (χ2v) is 12.9. The van der Waals surface area contributed by atoms with Crippen LogP contribution in [-0.4, -0.2) is 25.0 Å². The first-order valence-electron chi connectivity index (χ1n) is 18.0. The highest BCUT2D eigenvalue weighted by molar-refractivity contribution is 5.75. The fourth-order valence-corrected chi connectivity index (χ4v) is 8.14. The van der Waals surface area contributed by atoms with Crippen molar-refractivity contribution in [3.8, 4) is 0 Å². The first kappa shape index (κ1) is 41.7. The van der Waals surface area contributed by atoms with Crippen LogP contribution in [0.15, 0.2) is 0 Å². The molecule has 242 valence electrons. The van der Waals surface area contributed by atoms with Gasteiger partial charge in [0.05, 0.1) is 6.10 Å². The minimum atomic E-state index is 0.289. The van der Waals surface area contributed by atoms with E-state index in [2.05, 4.69) is 41.5 Å². The summed E-state index contributed by atoms with van der Waals surface area (Å²) in [4.78, 5) is 10.0. The van der Waals surface area contributed by atoms with E-state index in [9.17, 15) is 4.79 Å². The molecule has 3 heteroatoms. The van der Waals surface area contributed by atoms with Gasteiger partial charge in [-0.05, 0) is 106 Å². The Balaban J connectivity index is 0. The molecule has 5 unspecified atom stereocenters. The third-order valence-electron chi connectivity index (χ3n) is 9.73. The Bertz CT molecular complexity index is 591. The second-order valence-electron chi connectivity index (χ2n) is 12.9. The van der Waals surface area contributed by atoms with Crippen molar-refractivity contribution in [2.24, 2.45) is 40.2 Å². The number of hydrogen-bond acceptors (Lipinski definition) is 3. The SMILES string of the molecule is CC.CC.CCC.CCC.CCCC(C)=O.C[C@]12CCCCC1CCC1C2CC(OCCCN)[C@]2(C)CCCC12. The molecule has 0 aliphatic heterocycles. The number of rotatable bonds is 6. The van der Waals surface area contributed by atoms with Gasteiger partial charge in [0.2, 0.25) is 0 Å². The van der Waals surface area contributed by atoms with Crippen LogP contribution in [0.4, 0.5) is 0 Å². The van der Waals surface area contributed by atoms with E-state index in [0.717, 1.165) is 56.1 Å². The van der Waals surface area contributed by atoms with Gasteiger partial charge >= 0.3 is 0 Å². The van der Waals surface area contributed by atoms with E-state index < -0.39 is 0 Å². The van der Waals surface area contributed by atoms with Crippen molar-refractivity contribution in [2.75, 3.05) is 13.2 Å². The van der Waals surface area contributed by atoms with Crippen LogP contribution in [0.5, 0.6) is 0 Å². The van der Waals surface area contributed by atoms with Crippen molar-refractivity contribution in [1.29, 1.82) is 0 Å². The third kappa shape index (κ3) is 12.4. The van der Waals surface area contributed by atoms with Crippen LogP contribution < -0.4 is 5.73 Å². The van der Waals surface area contributed by atoms with Gasteiger partial charge in [-0.25, -0.2) is 0 Å². The van der Waals surface area contributed by atoms with Gasteiger partial charge in [0.25, 0.3) is 0 Å². The molecule has 4 aliphatic carbocycles. The molecule has 4 saturated carbocycles. The molecule has 0 spiro atoms. The molecule has 0 aromatic heterocycles. The average Bonchev–Trinajstić information content (AvgIpc) is 3.35. The topological polar surface area (TPSA) is 52.3 Å². The Labute approximate surface area is 253 Å². The fourth-order valence-electron chi connectivity index (χ4n) is 8.14. The lowest BCUT2D eigenvalue weighted by Crippen LogP contribution is -2.57. The summed E-state index contributed by atoms with van der Waals surface area (Å²) in [7, 11) is 0. The average molecular weight is 568 g/mol. The number of Topliss-reactive ketones (excluding diaryl/α,β-unsaturated/α-hetero) is 1. The second kappa shape index (κ2) is 24.1. The van der Waals surface area contributed by atoms with Crippen molar-refractivity contribution in [3.05, 3.63) is 0 Å². The maximum atomic E-state index is 10.0. The van der Waals surface area contributed by atoms with Crippen molar-refractivity contribution in [3.63, 3.8) is 0 Å². The van der Waals surface area contributed by atoms with Crippen LogP contribution in [0.2, 0.25) is 0 Å². The fraction of sp³-hybridized carbons (Fsp3) is 0.973. The Kier molecular flexibility index (Phi) is 25.1. The molecule has 0 heterocycles. The summed E-state index contributed by atoms with van der Waals surface area (Å²) in [5.41, 5.74) is 6.78.